The van der Waals surface area contributed by atoms with E-state index in [-0.39, 0.29) is 18.7 Å². The van der Waals surface area contributed by atoms with Gasteiger partial charge in [-0.3, -0.25) is 4.39 Å². The second kappa shape index (κ2) is 4.99. The molecule has 0 radical (unpaired) electrons. The van der Waals surface area contributed by atoms with Gasteiger partial charge in [0.05, 0.1) is 12.8 Å². The van der Waals surface area contributed by atoms with Crippen LogP contribution in [0.2, 0.25) is 0 Å². The Morgan fingerprint density at radius 2 is 2.00 bits per heavy atom. The molecule has 0 fully saturated rings. The van der Waals surface area contributed by atoms with E-state index in [2.05, 4.69) is 0 Å². The maximum Gasteiger partial charge on any atom is 0.119 e. The van der Waals surface area contributed by atoms with Crippen molar-refractivity contribution >= 4 is 0 Å². The zero-order chi connectivity index (χ0) is 10.6. The third-order valence-electron chi connectivity index (χ3n) is 2.03. The number of ether oxygens (including phenoxy) is 1. The zero-order valence-corrected chi connectivity index (χ0v) is 8.96. The highest BCUT2D eigenvalue weighted by Crippen LogP contribution is 2.21. The number of alkyl halides is 1. The van der Waals surface area contributed by atoms with Gasteiger partial charge in [-0.2, -0.15) is 0 Å². The van der Waals surface area contributed by atoms with Crippen molar-refractivity contribution in [2.24, 2.45) is 0 Å². The molecule has 0 amide bonds. The van der Waals surface area contributed by atoms with Crippen LogP contribution in [0.3, 0.4) is 0 Å². The number of hydrogen-bond acceptors (Lipinski definition) is 1. The van der Waals surface area contributed by atoms with Crippen LogP contribution in [0.4, 0.5) is 4.39 Å². The molecule has 1 atom stereocenters. The van der Waals surface area contributed by atoms with Crippen LogP contribution in [-0.4, -0.2) is 12.8 Å². The lowest BCUT2D eigenvalue weighted by Gasteiger charge is -2.12. The Labute approximate surface area is 84.9 Å². The molecule has 2 heteroatoms. The topological polar surface area (TPSA) is 9.23 Å². The highest BCUT2D eigenvalue weighted by molar-refractivity contribution is 5.30. The molecule has 0 heterocycles. The molecule has 1 unspecified atom stereocenters. The fourth-order valence-electron chi connectivity index (χ4n) is 1.26. The van der Waals surface area contributed by atoms with Crippen molar-refractivity contribution in [3.63, 3.8) is 0 Å². The standard InChI is InChI=1S/C12H17FO/c1-9(2)14-12-6-4-5-11(7-12)10(3)8-13/h4-7,9-10H,8H2,1-3H3. The van der Waals surface area contributed by atoms with E-state index in [1.807, 2.05) is 45.0 Å². The Balaban J connectivity index is 2.78. The summed E-state index contributed by atoms with van der Waals surface area (Å²) in [6.45, 7) is 5.50. The van der Waals surface area contributed by atoms with Gasteiger partial charge in [-0.25, -0.2) is 0 Å². The molecule has 1 rings (SSSR count). The predicted molar refractivity (Wildman–Crippen MR) is 56.6 cm³/mol. The number of hydrogen-bond donors (Lipinski definition) is 0. The first-order chi connectivity index (χ1) is 6.63. The molecule has 1 nitrogen and oxygen atoms in total. The highest BCUT2D eigenvalue weighted by atomic mass is 19.1. The summed E-state index contributed by atoms with van der Waals surface area (Å²) in [6, 6.07) is 7.63. The summed E-state index contributed by atoms with van der Waals surface area (Å²) in [5.41, 5.74) is 0.991. The van der Waals surface area contributed by atoms with Crippen molar-refractivity contribution in [1.29, 1.82) is 0 Å². The van der Waals surface area contributed by atoms with Crippen molar-refractivity contribution in [3.05, 3.63) is 29.8 Å². The summed E-state index contributed by atoms with van der Waals surface area (Å²) in [5, 5.41) is 0. The van der Waals surface area contributed by atoms with Crippen molar-refractivity contribution in [2.75, 3.05) is 6.67 Å². The summed E-state index contributed by atoms with van der Waals surface area (Å²) in [5.74, 6) is 0.767. The fourth-order valence-corrected chi connectivity index (χ4v) is 1.26. The quantitative estimate of drug-likeness (QED) is 0.715. The van der Waals surface area contributed by atoms with Gasteiger partial charge in [0.1, 0.15) is 5.75 Å². The molecule has 0 bridgehead atoms. The van der Waals surface area contributed by atoms with Crippen LogP contribution >= 0.6 is 0 Å². The van der Waals surface area contributed by atoms with E-state index in [1.54, 1.807) is 0 Å². The molecule has 78 valence electrons. The van der Waals surface area contributed by atoms with Gasteiger partial charge in [-0.05, 0) is 31.5 Å². The second-order valence-electron chi connectivity index (χ2n) is 3.79. The average molecular weight is 196 g/mol. The molecule has 0 aliphatic rings. The molecule has 0 N–H and O–H groups in total. The van der Waals surface area contributed by atoms with Crippen molar-refractivity contribution in [3.8, 4) is 5.75 Å². The molecule has 0 aromatic heterocycles. The van der Waals surface area contributed by atoms with Gasteiger partial charge in [0.15, 0.2) is 0 Å². The number of halogens is 1. The Morgan fingerprint density at radius 1 is 1.29 bits per heavy atom. The first kappa shape index (κ1) is 11.0. The Hall–Kier alpha value is -1.05. The van der Waals surface area contributed by atoms with Crippen LogP contribution in [0, 0.1) is 0 Å². The Kier molecular flexibility index (Phi) is 3.93. The molecule has 0 saturated heterocycles. The average Bonchev–Trinajstić information content (AvgIpc) is 2.16. The summed E-state index contributed by atoms with van der Waals surface area (Å²) >= 11 is 0. The van der Waals surface area contributed by atoms with Crippen LogP contribution in [0.1, 0.15) is 32.3 Å². The van der Waals surface area contributed by atoms with Gasteiger partial charge < -0.3 is 4.74 Å². The molecule has 0 aliphatic heterocycles. The van der Waals surface area contributed by atoms with E-state index in [9.17, 15) is 4.39 Å². The van der Waals surface area contributed by atoms with Crippen LogP contribution in [0.25, 0.3) is 0 Å². The van der Waals surface area contributed by atoms with E-state index in [0.717, 1.165) is 11.3 Å². The highest BCUT2D eigenvalue weighted by Gasteiger charge is 2.06. The summed E-state index contributed by atoms with van der Waals surface area (Å²) < 4.78 is 18.0. The second-order valence-corrected chi connectivity index (χ2v) is 3.79. The lowest BCUT2D eigenvalue weighted by Crippen LogP contribution is -2.06. The van der Waals surface area contributed by atoms with Gasteiger partial charge in [0.2, 0.25) is 0 Å². The SMILES string of the molecule is CC(C)Oc1cccc(C(C)CF)c1. The minimum Gasteiger partial charge on any atom is -0.491 e. The van der Waals surface area contributed by atoms with E-state index in [0.29, 0.717) is 0 Å². The van der Waals surface area contributed by atoms with Crippen LogP contribution in [0.5, 0.6) is 5.75 Å². The lowest BCUT2D eigenvalue weighted by molar-refractivity contribution is 0.242. The molecule has 0 spiro atoms. The minimum atomic E-state index is -0.328. The maximum atomic E-state index is 12.4. The van der Waals surface area contributed by atoms with Crippen LogP contribution in [-0.2, 0) is 0 Å². The smallest absolute Gasteiger partial charge is 0.119 e. The van der Waals surface area contributed by atoms with E-state index < -0.39 is 0 Å². The van der Waals surface area contributed by atoms with E-state index in [1.165, 1.54) is 0 Å². The normalized spacial score (nSPS) is 12.9. The van der Waals surface area contributed by atoms with Gasteiger partial charge in [-0.1, -0.05) is 19.1 Å². The fraction of sp³-hybridized carbons (Fsp3) is 0.500. The third-order valence-corrected chi connectivity index (χ3v) is 2.03. The van der Waals surface area contributed by atoms with Gasteiger partial charge in [-0.15, -0.1) is 0 Å². The summed E-state index contributed by atoms with van der Waals surface area (Å²) in [6.07, 6.45) is 0.158. The largest absolute Gasteiger partial charge is 0.491 e. The summed E-state index contributed by atoms with van der Waals surface area (Å²) in [7, 11) is 0. The maximum absolute atomic E-state index is 12.4. The minimum absolute atomic E-state index is 0.0503. The molecular weight excluding hydrogens is 179 g/mol. The van der Waals surface area contributed by atoms with Gasteiger partial charge in [0.25, 0.3) is 0 Å². The van der Waals surface area contributed by atoms with E-state index in [4.69, 9.17) is 4.74 Å². The number of benzene rings is 1. The predicted octanol–water partition coefficient (Wildman–Crippen LogP) is 3.55. The first-order valence-corrected chi connectivity index (χ1v) is 4.96. The zero-order valence-electron chi connectivity index (χ0n) is 8.96. The molecular formula is C12H17FO. The van der Waals surface area contributed by atoms with E-state index >= 15 is 0 Å². The van der Waals surface area contributed by atoms with Crippen LogP contribution in [0.15, 0.2) is 24.3 Å². The molecule has 1 aromatic rings. The first-order valence-electron chi connectivity index (χ1n) is 4.96. The molecule has 14 heavy (non-hydrogen) atoms. The third kappa shape index (κ3) is 3.02. The van der Waals surface area contributed by atoms with Crippen molar-refractivity contribution in [2.45, 2.75) is 32.8 Å². The van der Waals surface area contributed by atoms with Crippen molar-refractivity contribution < 1.29 is 9.13 Å². The molecule has 0 saturated carbocycles. The molecule has 1 aromatic carbocycles. The van der Waals surface area contributed by atoms with Gasteiger partial charge in [0, 0.05) is 5.92 Å². The number of rotatable bonds is 4. The van der Waals surface area contributed by atoms with Gasteiger partial charge >= 0.3 is 0 Å². The lowest BCUT2D eigenvalue weighted by atomic mass is 10.0. The summed E-state index contributed by atoms with van der Waals surface area (Å²) in [4.78, 5) is 0. The Bertz CT molecular complexity index is 283. The monoisotopic (exact) mass is 196 g/mol. The van der Waals surface area contributed by atoms with Crippen LogP contribution < -0.4 is 4.74 Å². The van der Waals surface area contributed by atoms with Crippen molar-refractivity contribution in [1.82, 2.24) is 0 Å². The molecule has 0 aliphatic carbocycles. The Morgan fingerprint density at radius 3 is 2.57 bits per heavy atom.